The van der Waals surface area contributed by atoms with Crippen LogP contribution in [0, 0.1) is 0 Å². The molecular weight excluding hydrogens is 416 g/mol. The maximum atomic E-state index is 13.0. The first-order valence-corrected chi connectivity index (χ1v) is 10.9. The van der Waals surface area contributed by atoms with Crippen molar-refractivity contribution in [3.63, 3.8) is 0 Å². The molecule has 0 saturated heterocycles. The Morgan fingerprint density at radius 3 is 2.33 bits per heavy atom. The van der Waals surface area contributed by atoms with E-state index in [-0.39, 0.29) is 12.6 Å². The Morgan fingerprint density at radius 1 is 0.909 bits per heavy atom. The zero-order chi connectivity index (χ0) is 23.0. The monoisotopic (exact) mass is 442 g/mol. The average Bonchev–Trinajstić information content (AvgIpc) is 2.84. The molecule has 0 radical (unpaired) electrons. The van der Waals surface area contributed by atoms with Gasteiger partial charge in [-0.25, -0.2) is 9.59 Å². The summed E-state index contributed by atoms with van der Waals surface area (Å²) < 4.78 is 11.5. The van der Waals surface area contributed by atoms with Crippen LogP contribution in [0.25, 0.3) is 0 Å². The number of allylic oxidation sites excluding steroid dienone is 1. The minimum absolute atomic E-state index is 0.251. The van der Waals surface area contributed by atoms with E-state index < -0.39 is 12.0 Å². The van der Waals surface area contributed by atoms with Crippen LogP contribution in [0.4, 0.5) is 4.79 Å². The molecule has 1 unspecified atom stereocenters. The smallest absolute Gasteiger partial charge is 0.338 e. The van der Waals surface area contributed by atoms with Crippen LogP contribution in [-0.2, 0) is 22.6 Å². The molecule has 0 aromatic heterocycles. The van der Waals surface area contributed by atoms with E-state index in [1.165, 1.54) is 0 Å². The summed E-state index contributed by atoms with van der Waals surface area (Å²) in [6.07, 6.45) is 0.617. The summed E-state index contributed by atoms with van der Waals surface area (Å²) in [7, 11) is 0. The van der Waals surface area contributed by atoms with Crippen LogP contribution in [0.5, 0.6) is 5.75 Å². The summed E-state index contributed by atoms with van der Waals surface area (Å²) in [5.41, 5.74) is 3.74. The van der Waals surface area contributed by atoms with Gasteiger partial charge in [0.1, 0.15) is 12.4 Å². The number of carbonyl (C=O) groups excluding carboxylic acids is 2. The molecule has 3 aromatic rings. The summed E-state index contributed by atoms with van der Waals surface area (Å²) in [5, 5.41) is 5.52. The lowest BCUT2D eigenvalue weighted by atomic mass is 9.95. The van der Waals surface area contributed by atoms with Gasteiger partial charge >= 0.3 is 12.0 Å². The van der Waals surface area contributed by atoms with Gasteiger partial charge in [-0.05, 0) is 35.7 Å². The molecule has 0 spiro atoms. The van der Waals surface area contributed by atoms with E-state index in [0.717, 1.165) is 16.7 Å². The van der Waals surface area contributed by atoms with E-state index in [9.17, 15) is 9.59 Å². The number of esters is 1. The zero-order valence-corrected chi connectivity index (χ0v) is 18.4. The first kappa shape index (κ1) is 22.1. The Bertz CT molecular complexity index is 1140. The molecule has 1 aliphatic heterocycles. The second-order valence-corrected chi connectivity index (χ2v) is 7.79. The normalized spacial score (nSPS) is 15.4. The molecule has 2 N–H and O–H groups in total. The van der Waals surface area contributed by atoms with Gasteiger partial charge in [0.25, 0.3) is 0 Å². The Balaban J connectivity index is 1.48. The van der Waals surface area contributed by atoms with E-state index in [2.05, 4.69) is 10.6 Å². The van der Waals surface area contributed by atoms with Crippen molar-refractivity contribution in [1.82, 2.24) is 10.6 Å². The number of urea groups is 1. The van der Waals surface area contributed by atoms with Gasteiger partial charge in [0.05, 0.1) is 18.2 Å². The van der Waals surface area contributed by atoms with Gasteiger partial charge in [-0.3, -0.25) is 0 Å². The van der Waals surface area contributed by atoms with Gasteiger partial charge in [-0.1, -0.05) is 72.8 Å². The van der Waals surface area contributed by atoms with Gasteiger partial charge in [0, 0.05) is 12.1 Å². The molecule has 0 bridgehead atoms. The van der Waals surface area contributed by atoms with Crippen LogP contribution in [-0.4, -0.2) is 18.6 Å². The van der Waals surface area contributed by atoms with Crippen LogP contribution in [0.15, 0.2) is 96.2 Å². The molecule has 6 heteroatoms. The summed E-state index contributed by atoms with van der Waals surface area (Å²) in [5.74, 6) is 0.190. The van der Waals surface area contributed by atoms with Crippen molar-refractivity contribution in [2.24, 2.45) is 0 Å². The molecule has 3 aromatic carbocycles. The highest BCUT2D eigenvalue weighted by molar-refractivity contribution is 5.95. The van der Waals surface area contributed by atoms with Crippen molar-refractivity contribution in [2.45, 2.75) is 26.0 Å². The minimum Gasteiger partial charge on any atom is -0.489 e. The maximum Gasteiger partial charge on any atom is 0.338 e. The van der Waals surface area contributed by atoms with E-state index >= 15 is 0 Å². The molecule has 6 nitrogen and oxygen atoms in total. The highest BCUT2D eigenvalue weighted by atomic mass is 16.5. The van der Waals surface area contributed by atoms with Crippen LogP contribution < -0.4 is 15.4 Å². The van der Waals surface area contributed by atoms with Gasteiger partial charge in [0.2, 0.25) is 0 Å². The highest BCUT2D eigenvalue weighted by Gasteiger charge is 2.32. The maximum absolute atomic E-state index is 13.0. The fourth-order valence-corrected chi connectivity index (χ4v) is 3.72. The molecule has 0 aliphatic carbocycles. The molecule has 168 valence electrons. The minimum atomic E-state index is -0.636. The quantitative estimate of drug-likeness (QED) is 0.497. The highest BCUT2D eigenvalue weighted by Crippen LogP contribution is 2.30. The molecule has 0 saturated carbocycles. The van der Waals surface area contributed by atoms with Crippen molar-refractivity contribution in [2.75, 3.05) is 6.61 Å². The lowest BCUT2D eigenvalue weighted by Crippen LogP contribution is -2.45. The summed E-state index contributed by atoms with van der Waals surface area (Å²) in [6, 6.07) is 26.1. The molecule has 2 amide bonds. The second kappa shape index (κ2) is 10.5. The van der Waals surface area contributed by atoms with E-state index in [0.29, 0.717) is 30.0 Å². The van der Waals surface area contributed by atoms with Gasteiger partial charge in [0.15, 0.2) is 0 Å². The largest absolute Gasteiger partial charge is 0.489 e. The molecule has 4 rings (SSSR count). The van der Waals surface area contributed by atoms with E-state index in [4.69, 9.17) is 9.47 Å². The van der Waals surface area contributed by atoms with Crippen molar-refractivity contribution in [3.05, 3.63) is 113 Å². The van der Waals surface area contributed by atoms with Gasteiger partial charge < -0.3 is 20.1 Å². The van der Waals surface area contributed by atoms with Crippen molar-refractivity contribution < 1.29 is 19.1 Å². The number of hydrogen-bond acceptors (Lipinski definition) is 4. The average molecular weight is 443 g/mol. The summed E-state index contributed by atoms with van der Waals surface area (Å²) in [4.78, 5) is 25.2. The number of amides is 2. The third kappa shape index (κ3) is 5.80. The summed E-state index contributed by atoms with van der Waals surface area (Å²) in [6.45, 7) is 2.38. The topological polar surface area (TPSA) is 76.7 Å². The van der Waals surface area contributed by atoms with Crippen LogP contribution in [0.1, 0.15) is 29.7 Å². The number of benzene rings is 3. The predicted molar refractivity (Wildman–Crippen MR) is 125 cm³/mol. The Hall–Kier alpha value is -4.06. The molecule has 1 heterocycles. The molecule has 33 heavy (non-hydrogen) atoms. The van der Waals surface area contributed by atoms with Gasteiger partial charge in [-0.15, -0.1) is 0 Å². The standard InChI is InChI=1S/C27H26N2O4/c1-19-24(26(30)32-16-15-20-9-4-2-5-10-20)25(29-27(31)28-19)22-13-8-14-23(17-22)33-18-21-11-6-3-7-12-21/h2-14,17,25H,15-16,18H2,1H3,(H2,28,29,31). The van der Waals surface area contributed by atoms with Crippen molar-refractivity contribution >= 4 is 12.0 Å². The SMILES string of the molecule is CC1=C(C(=O)OCCc2ccccc2)C(c2cccc(OCc3ccccc3)c2)NC(=O)N1. The lowest BCUT2D eigenvalue weighted by molar-refractivity contribution is -0.139. The first-order valence-electron chi connectivity index (χ1n) is 10.9. The molecule has 1 aliphatic rings. The third-order valence-electron chi connectivity index (χ3n) is 5.40. The zero-order valence-electron chi connectivity index (χ0n) is 18.4. The Labute approximate surface area is 193 Å². The van der Waals surface area contributed by atoms with Crippen LogP contribution in [0.3, 0.4) is 0 Å². The molecule has 1 atom stereocenters. The number of carbonyl (C=O) groups is 2. The molecular formula is C27H26N2O4. The van der Waals surface area contributed by atoms with Crippen molar-refractivity contribution in [1.29, 1.82) is 0 Å². The Kier molecular flexibility index (Phi) is 7.05. The number of rotatable bonds is 8. The fraction of sp³-hybridized carbons (Fsp3) is 0.185. The van der Waals surface area contributed by atoms with Gasteiger partial charge in [-0.2, -0.15) is 0 Å². The fourth-order valence-electron chi connectivity index (χ4n) is 3.72. The number of ether oxygens (including phenoxy) is 2. The summed E-state index contributed by atoms with van der Waals surface area (Å²) >= 11 is 0. The lowest BCUT2D eigenvalue weighted by Gasteiger charge is -2.28. The van der Waals surface area contributed by atoms with E-state index in [1.54, 1.807) is 6.92 Å². The second-order valence-electron chi connectivity index (χ2n) is 7.79. The van der Waals surface area contributed by atoms with Crippen molar-refractivity contribution in [3.8, 4) is 5.75 Å². The Morgan fingerprint density at radius 2 is 1.61 bits per heavy atom. The third-order valence-corrected chi connectivity index (χ3v) is 5.40. The predicted octanol–water partition coefficient (Wildman–Crippen LogP) is 4.68. The number of nitrogens with one attached hydrogen (secondary N) is 2. The van der Waals surface area contributed by atoms with E-state index in [1.807, 2.05) is 84.9 Å². The first-order chi connectivity index (χ1) is 16.1. The van der Waals surface area contributed by atoms with Crippen LogP contribution in [0.2, 0.25) is 0 Å². The molecule has 0 fully saturated rings. The van der Waals surface area contributed by atoms with Crippen LogP contribution >= 0.6 is 0 Å². The number of hydrogen-bond donors (Lipinski definition) is 2.